The van der Waals surface area contributed by atoms with Crippen LogP contribution >= 0.6 is 0 Å². The second kappa shape index (κ2) is 3.17. The summed E-state index contributed by atoms with van der Waals surface area (Å²) in [4.78, 5) is 11.6. The van der Waals surface area contributed by atoms with Gasteiger partial charge in [0.15, 0.2) is 0 Å². The Morgan fingerprint density at radius 2 is 2.20 bits per heavy atom. The molecular formula is C13H15NO. The maximum atomic E-state index is 11.6. The van der Waals surface area contributed by atoms with Crippen LogP contribution in [0.3, 0.4) is 0 Å². The highest BCUT2D eigenvalue weighted by Crippen LogP contribution is 2.59. The monoisotopic (exact) mass is 201 g/mol. The second-order valence-corrected chi connectivity index (χ2v) is 4.62. The average molecular weight is 201 g/mol. The molecule has 0 aliphatic heterocycles. The molecule has 0 aromatic heterocycles. The molecule has 3 rings (SSSR count). The largest absolute Gasteiger partial charge is 0.324 e. The fourth-order valence-electron chi connectivity index (χ4n) is 3.14. The Bertz CT molecular complexity index is 413. The molecule has 2 heteroatoms. The van der Waals surface area contributed by atoms with Crippen LogP contribution in [0, 0.1) is 11.8 Å². The first-order valence-corrected chi connectivity index (χ1v) is 5.63. The van der Waals surface area contributed by atoms with E-state index >= 15 is 0 Å². The minimum Gasteiger partial charge on any atom is -0.324 e. The molecule has 0 saturated heterocycles. The van der Waals surface area contributed by atoms with E-state index in [-0.39, 0.29) is 18.2 Å². The summed E-state index contributed by atoms with van der Waals surface area (Å²) in [7, 11) is 0. The number of fused-ring (bicyclic) bond motifs is 3. The van der Waals surface area contributed by atoms with Crippen molar-refractivity contribution < 1.29 is 4.79 Å². The highest BCUT2D eigenvalue weighted by Gasteiger charge is 2.55. The van der Waals surface area contributed by atoms with Crippen LogP contribution in [-0.2, 0) is 11.2 Å². The van der Waals surface area contributed by atoms with E-state index in [1.54, 1.807) is 0 Å². The predicted molar refractivity (Wildman–Crippen MR) is 58.5 cm³/mol. The van der Waals surface area contributed by atoms with Crippen molar-refractivity contribution in [3.63, 3.8) is 0 Å². The van der Waals surface area contributed by atoms with Gasteiger partial charge in [0.1, 0.15) is 5.78 Å². The van der Waals surface area contributed by atoms with Crippen LogP contribution in [0.1, 0.15) is 23.5 Å². The number of hydrogen-bond acceptors (Lipinski definition) is 2. The van der Waals surface area contributed by atoms with Crippen LogP contribution in [-0.4, -0.2) is 12.3 Å². The van der Waals surface area contributed by atoms with Gasteiger partial charge in [-0.1, -0.05) is 24.3 Å². The number of ketones is 1. The van der Waals surface area contributed by atoms with E-state index in [0.29, 0.717) is 11.8 Å². The smallest absolute Gasteiger partial charge is 0.150 e. The first-order chi connectivity index (χ1) is 7.33. The molecule has 1 aromatic carbocycles. The van der Waals surface area contributed by atoms with Crippen LogP contribution in [0.15, 0.2) is 24.3 Å². The van der Waals surface area contributed by atoms with Crippen molar-refractivity contribution in [2.24, 2.45) is 17.6 Å². The lowest BCUT2D eigenvalue weighted by Gasteiger charge is -2.13. The highest BCUT2D eigenvalue weighted by atomic mass is 16.1. The minimum absolute atomic E-state index is 0.208. The summed E-state index contributed by atoms with van der Waals surface area (Å²) in [6.45, 7) is 0.208. The van der Waals surface area contributed by atoms with E-state index in [0.717, 1.165) is 12.8 Å². The van der Waals surface area contributed by atoms with Gasteiger partial charge in [0.25, 0.3) is 0 Å². The zero-order valence-electron chi connectivity index (χ0n) is 8.65. The number of carbonyl (C=O) groups excluding carboxylic acids is 1. The molecule has 3 atom stereocenters. The number of carbonyl (C=O) groups is 1. The maximum Gasteiger partial charge on any atom is 0.150 e. The van der Waals surface area contributed by atoms with Crippen molar-refractivity contribution in [1.29, 1.82) is 0 Å². The SMILES string of the molecule is NCC(=O)C1C2CCc3ccccc3C21. The molecule has 3 unspecified atom stereocenters. The van der Waals surface area contributed by atoms with Gasteiger partial charge in [-0.25, -0.2) is 0 Å². The molecule has 0 heterocycles. The quantitative estimate of drug-likeness (QED) is 0.787. The summed E-state index contributed by atoms with van der Waals surface area (Å²) in [5.41, 5.74) is 8.28. The molecular weight excluding hydrogens is 186 g/mol. The van der Waals surface area contributed by atoms with Gasteiger partial charge in [0.2, 0.25) is 0 Å². The van der Waals surface area contributed by atoms with Crippen LogP contribution in [0.25, 0.3) is 0 Å². The third-order valence-corrected chi connectivity index (χ3v) is 3.90. The highest BCUT2D eigenvalue weighted by molar-refractivity contribution is 5.87. The standard InChI is InChI=1S/C13H15NO/c14-7-11(15)13-10-6-5-8-3-1-2-4-9(8)12(10)13/h1-4,10,12-13H,5-7,14H2. The zero-order chi connectivity index (χ0) is 10.4. The first kappa shape index (κ1) is 9.10. The summed E-state index contributed by atoms with van der Waals surface area (Å²) in [5.74, 6) is 1.57. The molecule has 2 aliphatic carbocycles. The molecule has 15 heavy (non-hydrogen) atoms. The molecule has 0 radical (unpaired) electrons. The Kier molecular flexibility index (Phi) is 1.93. The van der Waals surface area contributed by atoms with Crippen molar-refractivity contribution in [2.45, 2.75) is 18.8 Å². The van der Waals surface area contributed by atoms with Crippen molar-refractivity contribution in [2.75, 3.05) is 6.54 Å². The van der Waals surface area contributed by atoms with Gasteiger partial charge < -0.3 is 5.73 Å². The molecule has 1 aromatic rings. The lowest BCUT2D eigenvalue weighted by atomic mass is 9.92. The number of hydrogen-bond donors (Lipinski definition) is 1. The zero-order valence-corrected chi connectivity index (χ0v) is 8.65. The Hall–Kier alpha value is -1.15. The Morgan fingerprint density at radius 3 is 3.00 bits per heavy atom. The van der Waals surface area contributed by atoms with Crippen LogP contribution in [0.5, 0.6) is 0 Å². The number of nitrogens with two attached hydrogens (primary N) is 1. The van der Waals surface area contributed by atoms with Gasteiger partial charge in [-0.2, -0.15) is 0 Å². The third-order valence-electron chi connectivity index (χ3n) is 3.90. The van der Waals surface area contributed by atoms with Gasteiger partial charge in [-0.15, -0.1) is 0 Å². The Morgan fingerprint density at radius 1 is 1.40 bits per heavy atom. The lowest BCUT2D eigenvalue weighted by Crippen LogP contribution is -2.16. The lowest BCUT2D eigenvalue weighted by molar-refractivity contribution is -0.119. The fourth-order valence-corrected chi connectivity index (χ4v) is 3.14. The second-order valence-electron chi connectivity index (χ2n) is 4.62. The maximum absolute atomic E-state index is 11.6. The molecule has 78 valence electrons. The molecule has 2 nitrogen and oxygen atoms in total. The van der Waals surface area contributed by atoms with Crippen molar-refractivity contribution in [3.8, 4) is 0 Å². The van der Waals surface area contributed by atoms with E-state index in [2.05, 4.69) is 24.3 Å². The summed E-state index contributed by atoms with van der Waals surface area (Å²) in [6, 6.07) is 8.52. The average Bonchev–Trinajstić information content (AvgIpc) is 3.02. The number of Topliss-reactive ketones (excluding diaryl/α,β-unsaturated/α-hetero) is 1. The van der Waals surface area contributed by atoms with Gasteiger partial charge in [-0.3, -0.25) is 4.79 Å². The van der Waals surface area contributed by atoms with Gasteiger partial charge >= 0.3 is 0 Å². The minimum atomic E-state index is 0.208. The topological polar surface area (TPSA) is 43.1 Å². The van der Waals surface area contributed by atoms with Gasteiger partial charge in [-0.05, 0) is 35.8 Å². The van der Waals surface area contributed by atoms with E-state index in [4.69, 9.17) is 5.73 Å². The Balaban J connectivity index is 1.93. The first-order valence-electron chi connectivity index (χ1n) is 5.63. The van der Waals surface area contributed by atoms with Crippen LogP contribution in [0.2, 0.25) is 0 Å². The van der Waals surface area contributed by atoms with Crippen molar-refractivity contribution in [1.82, 2.24) is 0 Å². The van der Waals surface area contributed by atoms with Crippen LogP contribution < -0.4 is 5.73 Å². The Labute approximate surface area is 89.5 Å². The third kappa shape index (κ3) is 1.25. The van der Waals surface area contributed by atoms with Gasteiger partial charge in [0, 0.05) is 5.92 Å². The summed E-state index contributed by atoms with van der Waals surface area (Å²) in [6.07, 6.45) is 2.30. The molecule has 0 amide bonds. The van der Waals surface area contributed by atoms with Crippen molar-refractivity contribution in [3.05, 3.63) is 35.4 Å². The molecule has 1 saturated carbocycles. The molecule has 1 fully saturated rings. The molecule has 2 aliphatic rings. The van der Waals surface area contributed by atoms with Crippen molar-refractivity contribution >= 4 is 5.78 Å². The summed E-state index contributed by atoms with van der Waals surface area (Å²) >= 11 is 0. The molecule has 0 bridgehead atoms. The van der Waals surface area contributed by atoms with E-state index < -0.39 is 0 Å². The number of rotatable bonds is 2. The normalized spacial score (nSPS) is 31.7. The van der Waals surface area contributed by atoms with Gasteiger partial charge in [0.05, 0.1) is 6.54 Å². The fraction of sp³-hybridized carbons (Fsp3) is 0.462. The molecule has 2 N–H and O–H groups in total. The van der Waals surface area contributed by atoms with E-state index in [1.165, 1.54) is 11.1 Å². The summed E-state index contributed by atoms with van der Waals surface area (Å²) < 4.78 is 0. The predicted octanol–water partition coefficient (Wildman–Crippen LogP) is 1.49. The number of aryl methyl sites for hydroxylation is 1. The van der Waals surface area contributed by atoms with E-state index in [1.807, 2.05) is 0 Å². The van der Waals surface area contributed by atoms with E-state index in [9.17, 15) is 4.79 Å². The van der Waals surface area contributed by atoms with Crippen LogP contribution in [0.4, 0.5) is 0 Å². The summed E-state index contributed by atoms with van der Waals surface area (Å²) in [5, 5.41) is 0. The molecule has 0 spiro atoms. The number of benzene rings is 1.